The molecule has 4 aromatic rings. The molecule has 196 valence electrons. The number of rotatable bonds is 5. The van der Waals surface area contributed by atoms with Crippen LogP contribution in [0.3, 0.4) is 0 Å². The van der Waals surface area contributed by atoms with E-state index < -0.39 is 23.8 Å². The number of nitrogens with one attached hydrogen (secondary N) is 1. The summed E-state index contributed by atoms with van der Waals surface area (Å²) in [6.07, 6.45) is -0.930. The molecule has 1 aromatic heterocycles. The fraction of sp³-hybridized carbons (Fsp3) is 0.267. The van der Waals surface area contributed by atoms with Gasteiger partial charge in [0.2, 0.25) is 0 Å². The summed E-state index contributed by atoms with van der Waals surface area (Å²) in [5.41, 5.74) is 10.3. The lowest BCUT2D eigenvalue weighted by Gasteiger charge is -2.21. The molecule has 0 spiro atoms. The number of ether oxygens (including phenoxy) is 1. The minimum absolute atomic E-state index is 0.240. The van der Waals surface area contributed by atoms with E-state index in [-0.39, 0.29) is 5.91 Å². The van der Waals surface area contributed by atoms with Crippen molar-refractivity contribution in [2.45, 2.75) is 51.5 Å². The predicted octanol–water partition coefficient (Wildman–Crippen LogP) is 6.11. The molecule has 1 aliphatic rings. The summed E-state index contributed by atoms with van der Waals surface area (Å²) < 4.78 is 7.23. The first-order valence-corrected chi connectivity index (χ1v) is 12.9. The van der Waals surface area contributed by atoms with Gasteiger partial charge in [0.25, 0.3) is 5.91 Å². The predicted molar refractivity (Wildman–Crippen MR) is 148 cm³/mol. The molecular formula is C30H30ClN3O4. The van der Waals surface area contributed by atoms with Crippen LogP contribution in [0.1, 0.15) is 66.4 Å². The number of nitrogens with two attached hydrogens (primary N) is 1. The number of carbonyl (C=O) groups is 2. The number of fused-ring (bicyclic) bond motifs is 2. The van der Waals surface area contributed by atoms with Crippen LogP contribution >= 0.6 is 11.6 Å². The standard InChI is InChI=1S/C30H30ClN3O4/c1-30(2,3)38-29(37)34-24-12-9-18(23(32)15-26(35)17-7-5-4-6-8-17)13-19(24)14-25(34)20-10-11-22(31)21-16-33-28(36)27(20)21/h4-14,23,26,35H,15-16,32H2,1-3H3,(H,33,36). The molecule has 2 heterocycles. The van der Waals surface area contributed by atoms with Crippen molar-refractivity contribution in [3.05, 3.63) is 94.0 Å². The number of aromatic nitrogens is 1. The van der Waals surface area contributed by atoms with E-state index in [9.17, 15) is 14.7 Å². The molecule has 4 N–H and O–H groups in total. The molecule has 0 radical (unpaired) electrons. The van der Waals surface area contributed by atoms with Crippen molar-refractivity contribution in [2.75, 3.05) is 0 Å². The Labute approximate surface area is 226 Å². The normalized spacial score (nSPS) is 14.7. The van der Waals surface area contributed by atoms with Crippen LogP contribution in [-0.2, 0) is 11.3 Å². The van der Waals surface area contributed by atoms with Gasteiger partial charge in [0, 0.05) is 34.1 Å². The maximum absolute atomic E-state index is 13.5. The summed E-state index contributed by atoms with van der Waals surface area (Å²) in [6, 6.07) is 19.9. The molecule has 1 aliphatic heterocycles. The van der Waals surface area contributed by atoms with Gasteiger partial charge in [-0.2, -0.15) is 0 Å². The number of benzene rings is 3. The van der Waals surface area contributed by atoms with E-state index in [1.54, 1.807) is 32.9 Å². The summed E-state index contributed by atoms with van der Waals surface area (Å²) in [4.78, 5) is 26.2. The van der Waals surface area contributed by atoms with Crippen LogP contribution < -0.4 is 11.1 Å². The topological polar surface area (TPSA) is 107 Å². The molecule has 0 saturated heterocycles. The monoisotopic (exact) mass is 531 g/mol. The van der Waals surface area contributed by atoms with Crippen LogP contribution in [0.15, 0.2) is 66.7 Å². The van der Waals surface area contributed by atoms with Crippen molar-refractivity contribution in [2.24, 2.45) is 5.73 Å². The smallest absolute Gasteiger partial charge is 0.419 e. The quantitative estimate of drug-likeness (QED) is 0.288. The van der Waals surface area contributed by atoms with Crippen molar-refractivity contribution in [1.82, 2.24) is 9.88 Å². The van der Waals surface area contributed by atoms with Gasteiger partial charge in [0.05, 0.1) is 22.9 Å². The molecule has 8 heteroatoms. The third-order valence-electron chi connectivity index (χ3n) is 6.68. The van der Waals surface area contributed by atoms with Crippen molar-refractivity contribution in [1.29, 1.82) is 0 Å². The van der Waals surface area contributed by atoms with Gasteiger partial charge in [0.15, 0.2) is 0 Å². The Morgan fingerprint density at radius 3 is 2.55 bits per heavy atom. The minimum atomic E-state index is -0.722. The van der Waals surface area contributed by atoms with Gasteiger partial charge in [-0.05, 0) is 62.6 Å². The molecule has 0 aliphatic carbocycles. The van der Waals surface area contributed by atoms with Crippen LogP contribution in [0.5, 0.6) is 0 Å². The fourth-order valence-electron chi connectivity index (χ4n) is 4.88. The van der Waals surface area contributed by atoms with Crippen LogP contribution in [0.2, 0.25) is 5.02 Å². The lowest BCUT2D eigenvalue weighted by Crippen LogP contribution is -2.27. The average Bonchev–Trinajstić information content (AvgIpc) is 3.45. The van der Waals surface area contributed by atoms with E-state index in [2.05, 4.69) is 5.32 Å². The molecule has 38 heavy (non-hydrogen) atoms. The van der Waals surface area contributed by atoms with Gasteiger partial charge in [-0.1, -0.05) is 54.1 Å². The van der Waals surface area contributed by atoms with E-state index in [1.807, 2.05) is 54.6 Å². The maximum Gasteiger partial charge on any atom is 0.419 e. The Bertz CT molecular complexity index is 1540. The SMILES string of the molecule is CC(C)(C)OC(=O)n1c(-c2ccc(Cl)c3c2C(=O)NC3)cc2cc(C(N)CC(O)c3ccccc3)ccc21. The Balaban J connectivity index is 1.60. The van der Waals surface area contributed by atoms with Crippen LogP contribution in [0, 0.1) is 0 Å². The van der Waals surface area contributed by atoms with Gasteiger partial charge in [0.1, 0.15) is 5.60 Å². The Morgan fingerprint density at radius 2 is 1.84 bits per heavy atom. The maximum atomic E-state index is 13.5. The Hall–Kier alpha value is -3.65. The fourth-order valence-corrected chi connectivity index (χ4v) is 5.10. The van der Waals surface area contributed by atoms with Crippen molar-refractivity contribution < 1.29 is 19.4 Å². The zero-order valence-corrected chi connectivity index (χ0v) is 22.3. The summed E-state index contributed by atoms with van der Waals surface area (Å²) in [6.45, 7) is 5.74. The van der Waals surface area contributed by atoms with Gasteiger partial charge in [-0.15, -0.1) is 0 Å². The van der Waals surface area contributed by atoms with Gasteiger partial charge in [-0.25, -0.2) is 9.36 Å². The van der Waals surface area contributed by atoms with Crippen LogP contribution in [-0.4, -0.2) is 27.3 Å². The van der Waals surface area contributed by atoms with Crippen molar-refractivity contribution in [3.8, 4) is 11.3 Å². The van der Waals surface area contributed by atoms with E-state index >= 15 is 0 Å². The molecule has 0 bridgehead atoms. The lowest BCUT2D eigenvalue weighted by molar-refractivity contribution is 0.0547. The van der Waals surface area contributed by atoms with E-state index in [1.165, 1.54) is 4.57 Å². The number of aliphatic hydroxyl groups excluding tert-OH is 1. The largest absolute Gasteiger partial charge is 0.443 e. The van der Waals surface area contributed by atoms with E-state index in [4.69, 9.17) is 22.1 Å². The van der Waals surface area contributed by atoms with Gasteiger partial charge in [-0.3, -0.25) is 4.79 Å². The molecular weight excluding hydrogens is 502 g/mol. The molecule has 7 nitrogen and oxygen atoms in total. The second-order valence-corrected chi connectivity index (χ2v) is 11.0. The first kappa shape index (κ1) is 26.0. The molecule has 5 rings (SSSR count). The number of hydrogen-bond donors (Lipinski definition) is 3. The van der Waals surface area contributed by atoms with Crippen LogP contribution in [0.25, 0.3) is 22.2 Å². The summed E-state index contributed by atoms with van der Waals surface area (Å²) in [7, 11) is 0. The third-order valence-corrected chi connectivity index (χ3v) is 7.03. The van der Waals surface area contributed by atoms with Crippen molar-refractivity contribution in [3.63, 3.8) is 0 Å². The summed E-state index contributed by atoms with van der Waals surface area (Å²) in [5, 5.41) is 14.8. The average molecular weight is 532 g/mol. The highest BCUT2D eigenvalue weighted by Gasteiger charge is 2.30. The summed E-state index contributed by atoms with van der Waals surface area (Å²) in [5.74, 6) is -0.240. The number of amides is 1. The number of halogens is 1. The lowest BCUT2D eigenvalue weighted by atomic mass is 9.96. The first-order chi connectivity index (χ1) is 18.0. The number of nitrogens with zero attached hydrogens (tertiary/aromatic N) is 1. The first-order valence-electron chi connectivity index (χ1n) is 12.5. The molecule has 3 aromatic carbocycles. The molecule has 1 amide bonds. The zero-order valence-electron chi connectivity index (χ0n) is 21.5. The van der Waals surface area contributed by atoms with Crippen LogP contribution in [0.4, 0.5) is 4.79 Å². The van der Waals surface area contributed by atoms with E-state index in [0.29, 0.717) is 45.9 Å². The highest BCUT2D eigenvalue weighted by Crippen LogP contribution is 2.38. The number of carbonyl (C=O) groups excluding carboxylic acids is 2. The third kappa shape index (κ3) is 4.92. The Kier molecular flexibility index (Phi) is 6.77. The highest BCUT2D eigenvalue weighted by atomic mass is 35.5. The molecule has 2 atom stereocenters. The highest BCUT2D eigenvalue weighted by molar-refractivity contribution is 6.32. The second-order valence-electron chi connectivity index (χ2n) is 10.6. The number of aliphatic hydroxyl groups is 1. The molecule has 0 saturated carbocycles. The zero-order chi connectivity index (χ0) is 27.2. The molecule has 2 unspecified atom stereocenters. The van der Waals surface area contributed by atoms with Crippen molar-refractivity contribution >= 4 is 34.5 Å². The number of hydrogen-bond acceptors (Lipinski definition) is 5. The summed E-state index contributed by atoms with van der Waals surface area (Å²) >= 11 is 6.38. The van der Waals surface area contributed by atoms with E-state index in [0.717, 1.165) is 16.5 Å². The minimum Gasteiger partial charge on any atom is -0.443 e. The van der Waals surface area contributed by atoms with Gasteiger partial charge >= 0.3 is 6.09 Å². The van der Waals surface area contributed by atoms with Gasteiger partial charge < -0.3 is 20.9 Å². The second kappa shape index (κ2) is 9.91. The molecule has 0 fully saturated rings. The Morgan fingerprint density at radius 1 is 1.11 bits per heavy atom.